The Labute approximate surface area is 142 Å². The second kappa shape index (κ2) is 7.28. The van der Waals surface area contributed by atoms with E-state index in [-0.39, 0.29) is 6.04 Å². The van der Waals surface area contributed by atoms with Crippen LogP contribution in [0.5, 0.6) is 0 Å². The average molecular weight is 393 g/mol. The first-order valence-electron chi connectivity index (χ1n) is 6.44. The van der Waals surface area contributed by atoms with Gasteiger partial charge in [0.25, 0.3) is 0 Å². The minimum absolute atomic E-state index is 0.272. The van der Waals surface area contributed by atoms with Gasteiger partial charge in [0.1, 0.15) is 0 Å². The molecule has 1 aromatic carbocycles. The molecule has 1 nitrogen and oxygen atoms in total. The highest BCUT2D eigenvalue weighted by Gasteiger charge is 2.16. The molecule has 0 saturated heterocycles. The number of benzene rings is 1. The molecule has 1 aromatic heterocycles. The molecule has 2 aromatic rings. The zero-order chi connectivity index (χ0) is 14.7. The van der Waals surface area contributed by atoms with Gasteiger partial charge in [0.05, 0.1) is 3.79 Å². The van der Waals surface area contributed by atoms with Gasteiger partial charge in [0.2, 0.25) is 0 Å². The van der Waals surface area contributed by atoms with Gasteiger partial charge in [-0.1, -0.05) is 36.2 Å². The molecule has 0 aliphatic rings. The van der Waals surface area contributed by atoms with E-state index >= 15 is 0 Å². The van der Waals surface area contributed by atoms with Gasteiger partial charge in [0.15, 0.2) is 0 Å². The lowest BCUT2D eigenvalue weighted by Crippen LogP contribution is -2.22. The Hall–Kier alpha value is -0.0600. The van der Waals surface area contributed by atoms with Crippen molar-refractivity contribution < 1.29 is 0 Å². The summed E-state index contributed by atoms with van der Waals surface area (Å²) >= 11 is 17.6. The van der Waals surface area contributed by atoms with Crippen molar-refractivity contribution in [1.29, 1.82) is 0 Å². The Kier molecular flexibility index (Phi) is 5.94. The fraction of sp³-hybridized carbons (Fsp3) is 0.333. The summed E-state index contributed by atoms with van der Waals surface area (Å²) in [7, 11) is 0. The topological polar surface area (TPSA) is 12.0 Å². The van der Waals surface area contributed by atoms with Crippen molar-refractivity contribution in [1.82, 2.24) is 5.32 Å². The number of rotatable bonds is 5. The first-order valence-corrected chi connectivity index (χ1v) is 8.81. The average Bonchev–Trinajstić information content (AvgIpc) is 2.72. The lowest BCUT2D eigenvalue weighted by atomic mass is 10.0. The molecule has 1 unspecified atom stereocenters. The minimum atomic E-state index is 0.272. The van der Waals surface area contributed by atoms with E-state index in [0.717, 1.165) is 23.6 Å². The van der Waals surface area contributed by atoms with Crippen LogP contribution in [0.4, 0.5) is 0 Å². The summed E-state index contributed by atoms with van der Waals surface area (Å²) in [6.45, 7) is 5.15. The molecule has 20 heavy (non-hydrogen) atoms. The number of likely N-dealkylation sites (N-methyl/N-ethyl adjacent to an activating group) is 1. The number of halogens is 3. The summed E-state index contributed by atoms with van der Waals surface area (Å²) in [4.78, 5) is 1.32. The second-order valence-corrected chi connectivity index (χ2v) is 7.90. The Bertz CT molecular complexity index is 578. The van der Waals surface area contributed by atoms with E-state index in [2.05, 4.69) is 41.2 Å². The van der Waals surface area contributed by atoms with Gasteiger partial charge in [-0.3, -0.25) is 0 Å². The molecular weight excluding hydrogens is 377 g/mol. The summed E-state index contributed by atoms with van der Waals surface area (Å²) < 4.78 is 1.19. The van der Waals surface area contributed by atoms with Gasteiger partial charge < -0.3 is 5.32 Å². The SMILES string of the molecule is CCNC(Cc1ccc(Cl)cc1Cl)c1cc(C)c(Br)s1. The molecule has 108 valence electrons. The van der Waals surface area contributed by atoms with Gasteiger partial charge in [-0.25, -0.2) is 0 Å². The molecule has 5 heteroatoms. The summed E-state index contributed by atoms with van der Waals surface area (Å²) in [5.41, 5.74) is 2.39. The Morgan fingerprint density at radius 2 is 2.05 bits per heavy atom. The van der Waals surface area contributed by atoms with Crippen LogP contribution in [0.3, 0.4) is 0 Å². The standard InChI is InChI=1S/C15H16BrCl2NS/c1-3-19-13(14-6-9(2)15(16)20-14)7-10-4-5-11(17)8-12(10)18/h4-6,8,13,19H,3,7H2,1-2H3. The van der Waals surface area contributed by atoms with Crippen molar-refractivity contribution in [2.45, 2.75) is 26.3 Å². The third kappa shape index (κ3) is 3.99. The van der Waals surface area contributed by atoms with Crippen LogP contribution in [0, 0.1) is 6.92 Å². The predicted octanol–water partition coefficient (Wildman–Crippen LogP) is 6.02. The van der Waals surface area contributed by atoms with Crippen molar-refractivity contribution in [3.8, 4) is 0 Å². The molecular formula is C15H16BrCl2NS. The summed E-state index contributed by atoms with van der Waals surface area (Å²) in [6, 6.07) is 8.20. The number of aryl methyl sites for hydroxylation is 1. The lowest BCUT2D eigenvalue weighted by molar-refractivity contribution is 0.558. The molecule has 1 N–H and O–H groups in total. The van der Waals surface area contributed by atoms with Crippen molar-refractivity contribution in [3.63, 3.8) is 0 Å². The Balaban J connectivity index is 2.25. The predicted molar refractivity (Wildman–Crippen MR) is 93.3 cm³/mol. The van der Waals surface area contributed by atoms with E-state index < -0.39 is 0 Å². The van der Waals surface area contributed by atoms with Crippen LogP contribution in [0.1, 0.15) is 29.0 Å². The molecule has 0 fully saturated rings. The van der Waals surface area contributed by atoms with Gasteiger partial charge in [0, 0.05) is 21.0 Å². The van der Waals surface area contributed by atoms with E-state index in [1.807, 2.05) is 12.1 Å². The third-order valence-electron chi connectivity index (χ3n) is 3.11. The third-order valence-corrected chi connectivity index (χ3v) is 5.95. The Morgan fingerprint density at radius 1 is 1.30 bits per heavy atom. The lowest BCUT2D eigenvalue weighted by Gasteiger charge is -2.17. The number of hydrogen-bond donors (Lipinski definition) is 1. The van der Waals surface area contributed by atoms with Gasteiger partial charge >= 0.3 is 0 Å². The number of thiophene rings is 1. The maximum Gasteiger partial charge on any atom is 0.0731 e. The van der Waals surface area contributed by atoms with Crippen LogP contribution in [-0.2, 0) is 6.42 Å². The maximum atomic E-state index is 6.28. The van der Waals surface area contributed by atoms with Crippen LogP contribution in [0.25, 0.3) is 0 Å². The Morgan fingerprint density at radius 3 is 2.60 bits per heavy atom. The fourth-order valence-electron chi connectivity index (χ4n) is 2.08. The van der Waals surface area contributed by atoms with Gasteiger partial charge in [-0.05, 0) is 65.1 Å². The van der Waals surface area contributed by atoms with E-state index in [1.165, 1.54) is 14.2 Å². The van der Waals surface area contributed by atoms with Crippen LogP contribution in [0.2, 0.25) is 10.0 Å². The molecule has 0 spiro atoms. The summed E-state index contributed by atoms with van der Waals surface area (Å²) in [5, 5.41) is 4.93. The molecule has 0 amide bonds. The quantitative estimate of drug-likeness (QED) is 0.655. The molecule has 2 rings (SSSR count). The largest absolute Gasteiger partial charge is 0.309 e. The first-order chi connectivity index (χ1) is 9.51. The molecule has 1 heterocycles. The van der Waals surface area contributed by atoms with E-state index in [4.69, 9.17) is 23.2 Å². The van der Waals surface area contributed by atoms with Gasteiger partial charge in [-0.2, -0.15) is 0 Å². The van der Waals surface area contributed by atoms with Crippen LogP contribution in [0.15, 0.2) is 28.1 Å². The second-order valence-electron chi connectivity index (χ2n) is 4.66. The normalized spacial score (nSPS) is 12.7. The highest BCUT2D eigenvalue weighted by molar-refractivity contribution is 9.11. The molecule has 0 radical (unpaired) electrons. The molecule has 0 aliphatic heterocycles. The van der Waals surface area contributed by atoms with E-state index in [1.54, 1.807) is 17.4 Å². The maximum absolute atomic E-state index is 6.28. The van der Waals surface area contributed by atoms with Crippen molar-refractivity contribution in [2.24, 2.45) is 0 Å². The first kappa shape index (κ1) is 16.3. The number of nitrogens with one attached hydrogen (secondary N) is 1. The van der Waals surface area contributed by atoms with Crippen LogP contribution in [-0.4, -0.2) is 6.54 Å². The smallest absolute Gasteiger partial charge is 0.0731 e. The van der Waals surface area contributed by atoms with Crippen molar-refractivity contribution in [3.05, 3.63) is 54.1 Å². The molecule has 1 atom stereocenters. The van der Waals surface area contributed by atoms with Crippen LogP contribution >= 0.6 is 50.5 Å². The molecule has 0 saturated carbocycles. The van der Waals surface area contributed by atoms with Crippen molar-refractivity contribution in [2.75, 3.05) is 6.54 Å². The van der Waals surface area contributed by atoms with Crippen LogP contribution < -0.4 is 5.32 Å². The molecule has 0 bridgehead atoms. The fourth-order valence-corrected chi connectivity index (χ4v) is 4.21. The summed E-state index contributed by atoms with van der Waals surface area (Å²) in [6.07, 6.45) is 0.857. The monoisotopic (exact) mass is 391 g/mol. The highest BCUT2D eigenvalue weighted by Crippen LogP contribution is 2.34. The zero-order valence-corrected chi connectivity index (χ0v) is 15.3. The van der Waals surface area contributed by atoms with E-state index in [0.29, 0.717) is 5.02 Å². The van der Waals surface area contributed by atoms with E-state index in [9.17, 15) is 0 Å². The van der Waals surface area contributed by atoms with Gasteiger partial charge in [-0.15, -0.1) is 11.3 Å². The number of hydrogen-bond acceptors (Lipinski definition) is 2. The molecule has 0 aliphatic carbocycles. The highest BCUT2D eigenvalue weighted by atomic mass is 79.9. The zero-order valence-electron chi connectivity index (χ0n) is 11.3. The summed E-state index contributed by atoms with van der Waals surface area (Å²) in [5.74, 6) is 0. The van der Waals surface area contributed by atoms with Crippen molar-refractivity contribution >= 4 is 50.5 Å². The minimum Gasteiger partial charge on any atom is -0.309 e.